The van der Waals surface area contributed by atoms with Crippen molar-refractivity contribution < 1.29 is 13.2 Å². The Hall–Kier alpha value is -2.23. The fourth-order valence-electron chi connectivity index (χ4n) is 4.40. The molecule has 32 heavy (non-hydrogen) atoms. The molecule has 0 saturated carbocycles. The summed E-state index contributed by atoms with van der Waals surface area (Å²) in [6.07, 6.45) is 7.22. The van der Waals surface area contributed by atoms with Crippen molar-refractivity contribution in [2.75, 3.05) is 33.7 Å². The summed E-state index contributed by atoms with van der Waals surface area (Å²) in [5.41, 5.74) is 0.122. The van der Waals surface area contributed by atoms with Crippen LogP contribution in [-0.2, 0) is 17.1 Å². The summed E-state index contributed by atoms with van der Waals surface area (Å²) in [6, 6.07) is 5.05. The maximum Gasteiger partial charge on any atom is 0.256 e. The Morgan fingerprint density at radius 2 is 2.00 bits per heavy atom. The van der Waals surface area contributed by atoms with E-state index in [9.17, 15) is 18.0 Å². The average Bonchev–Trinajstić information content (AvgIpc) is 2.78. The van der Waals surface area contributed by atoms with E-state index in [0.29, 0.717) is 18.1 Å². The van der Waals surface area contributed by atoms with Gasteiger partial charge in [-0.1, -0.05) is 13.3 Å². The van der Waals surface area contributed by atoms with E-state index in [1.165, 1.54) is 51.7 Å². The lowest BCUT2D eigenvalue weighted by Gasteiger charge is -2.35. The molecule has 1 saturated heterocycles. The quantitative estimate of drug-likeness (QED) is 0.607. The zero-order valence-corrected chi connectivity index (χ0v) is 20.2. The highest BCUT2D eigenvalue weighted by Crippen LogP contribution is 2.20. The van der Waals surface area contributed by atoms with Crippen molar-refractivity contribution in [3.8, 4) is 0 Å². The van der Waals surface area contributed by atoms with Crippen LogP contribution in [-0.4, -0.2) is 67.9 Å². The van der Waals surface area contributed by atoms with Crippen molar-refractivity contribution >= 4 is 26.8 Å². The predicted molar refractivity (Wildman–Crippen MR) is 127 cm³/mol. The molecule has 0 bridgehead atoms. The number of amides is 1. The SMILES string of the molecule is CC[C@H]1CCCCN1CCCNC(=O)c1cn(C)c2ccc(S(=O)(=O)N(C)C)cc2c1=O. The van der Waals surface area contributed by atoms with Gasteiger partial charge in [0.15, 0.2) is 0 Å². The normalized spacial score (nSPS) is 17.7. The third-order valence-electron chi connectivity index (χ3n) is 6.31. The number of carbonyl (C=O) groups excluding carboxylic acids is 1. The Labute approximate surface area is 190 Å². The first-order valence-electron chi connectivity index (χ1n) is 11.2. The van der Waals surface area contributed by atoms with Gasteiger partial charge < -0.3 is 14.8 Å². The van der Waals surface area contributed by atoms with Crippen LogP contribution in [0.1, 0.15) is 49.4 Å². The smallest absolute Gasteiger partial charge is 0.256 e. The Balaban J connectivity index is 1.75. The van der Waals surface area contributed by atoms with Gasteiger partial charge in [0.25, 0.3) is 5.91 Å². The van der Waals surface area contributed by atoms with Gasteiger partial charge in [0, 0.05) is 51.9 Å². The molecule has 1 aromatic carbocycles. The van der Waals surface area contributed by atoms with Crippen LogP contribution in [0, 0.1) is 0 Å². The van der Waals surface area contributed by atoms with Crippen molar-refractivity contribution in [3.05, 3.63) is 40.2 Å². The van der Waals surface area contributed by atoms with Crippen molar-refractivity contribution in [1.29, 1.82) is 0 Å². The molecular formula is C23H34N4O4S. The molecular weight excluding hydrogens is 428 g/mol. The third kappa shape index (κ3) is 5.05. The molecule has 0 aliphatic carbocycles. The minimum atomic E-state index is -3.69. The summed E-state index contributed by atoms with van der Waals surface area (Å²) in [5, 5.41) is 3.07. The van der Waals surface area contributed by atoms with Crippen LogP contribution in [0.4, 0.5) is 0 Å². The second kappa shape index (κ2) is 10.1. The predicted octanol–water partition coefficient (Wildman–Crippen LogP) is 2.17. The molecule has 0 spiro atoms. The number of piperidine rings is 1. The molecule has 9 heteroatoms. The topological polar surface area (TPSA) is 91.7 Å². The molecule has 2 heterocycles. The summed E-state index contributed by atoms with van der Waals surface area (Å²) in [7, 11) is 0.927. The summed E-state index contributed by atoms with van der Waals surface area (Å²) < 4.78 is 27.7. The fourth-order valence-corrected chi connectivity index (χ4v) is 5.33. The molecule has 0 unspecified atom stereocenters. The number of sulfonamides is 1. The van der Waals surface area contributed by atoms with E-state index in [2.05, 4.69) is 17.1 Å². The zero-order valence-electron chi connectivity index (χ0n) is 19.4. The van der Waals surface area contributed by atoms with Crippen LogP contribution in [0.2, 0.25) is 0 Å². The second-order valence-corrected chi connectivity index (χ2v) is 10.8. The molecule has 8 nitrogen and oxygen atoms in total. The monoisotopic (exact) mass is 462 g/mol. The van der Waals surface area contributed by atoms with E-state index in [-0.39, 0.29) is 15.8 Å². The maximum absolute atomic E-state index is 13.0. The lowest BCUT2D eigenvalue weighted by atomic mass is 10.00. The molecule has 176 valence electrons. The molecule has 1 aliphatic rings. The summed E-state index contributed by atoms with van der Waals surface area (Å²) in [6.45, 7) is 4.74. The minimum absolute atomic E-state index is 0.0174. The second-order valence-electron chi connectivity index (χ2n) is 8.65. The molecule has 1 aromatic heterocycles. The zero-order chi connectivity index (χ0) is 23.5. The number of hydrogen-bond acceptors (Lipinski definition) is 5. The van der Waals surface area contributed by atoms with E-state index in [0.717, 1.165) is 30.2 Å². The number of rotatable bonds is 8. The van der Waals surface area contributed by atoms with Gasteiger partial charge in [-0.05, 0) is 50.4 Å². The van der Waals surface area contributed by atoms with Crippen LogP contribution < -0.4 is 10.7 Å². The largest absolute Gasteiger partial charge is 0.352 e. The average molecular weight is 463 g/mol. The summed E-state index contributed by atoms with van der Waals surface area (Å²) >= 11 is 0. The number of benzene rings is 1. The van der Waals surface area contributed by atoms with Crippen LogP contribution in [0.15, 0.2) is 34.1 Å². The molecule has 1 aliphatic heterocycles. The van der Waals surface area contributed by atoms with Crippen LogP contribution in [0.3, 0.4) is 0 Å². The molecule has 0 radical (unpaired) electrons. The van der Waals surface area contributed by atoms with Crippen LogP contribution in [0.5, 0.6) is 0 Å². The molecule has 1 N–H and O–H groups in total. The minimum Gasteiger partial charge on any atom is -0.352 e. The molecule has 3 rings (SSSR count). The highest BCUT2D eigenvalue weighted by molar-refractivity contribution is 7.89. The van der Waals surface area contributed by atoms with Gasteiger partial charge in [-0.15, -0.1) is 0 Å². The van der Waals surface area contributed by atoms with Crippen molar-refractivity contribution in [2.24, 2.45) is 7.05 Å². The number of aromatic nitrogens is 1. The first-order chi connectivity index (χ1) is 15.2. The van der Waals surface area contributed by atoms with Gasteiger partial charge in [0.05, 0.1) is 10.4 Å². The summed E-state index contributed by atoms with van der Waals surface area (Å²) in [4.78, 5) is 28.3. The Bertz CT molecular complexity index is 1140. The van der Waals surface area contributed by atoms with Crippen LogP contribution in [0.25, 0.3) is 10.9 Å². The Morgan fingerprint density at radius 1 is 1.25 bits per heavy atom. The third-order valence-corrected chi connectivity index (χ3v) is 8.12. The number of likely N-dealkylation sites (tertiary alicyclic amines) is 1. The highest BCUT2D eigenvalue weighted by Gasteiger charge is 2.22. The number of fused-ring (bicyclic) bond motifs is 1. The van der Waals surface area contributed by atoms with E-state index in [4.69, 9.17) is 0 Å². The molecule has 1 fully saturated rings. The lowest BCUT2D eigenvalue weighted by molar-refractivity contribution is 0.0945. The van der Waals surface area contributed by atoms with Crippen molar-refractivity contribution in [1.82, 2.24) is 19.1 Å². The van der Waals surface area contributed by atoms with E-state index < -0.39 is 21.4 Å². The number of carbonyl (C=O) groups is 1. The van der Waals surface area contributed by atoms with Gasteiger partial charge in [-0.3, -0.25) is 9.59 Å². The number of aryl methyl sites for hydroxylation is 1. The first-order valence-corrected chi connectivity index (χ1v) is 12.7. The maximum atomic E-state index is 13.0. The Kier molecular flexibility index (Phi) is 7.74. The Morgan fingerprint density at radius 3 is 2.69 bits per heavy atom. The first kappa shape index (κ1) is 24.4. The van der Waals surface area contributed by atoms with Gasteiger partial charge in [0.1, 0.15) is 5.56 Å². The number of nitrogens with zero attached hydrogens (tertiary/aromatic N) is 3. The van der Waals surface area contributed by atoms with Gasteiger partial charge in [-0.2, -0.15) is 0 Å². The van der Waals surface area contributed by atoms with E-state index in [1.54, 1.807) is 17.7 Å². The molecule has 2 aromatic rings. The lowest BCUT2D eigenvalue weighted by Crippen LogP contribution is -2.40. The standard InChI is InChI=1S/C23H34N4O4S/c1-5-17-9-6-7-13-27(17)14-8-12-24-23(29)20-16-26(4)21-11-10-18(15-19(21)22(20)28)32(30,31)25(2)3/h10-11,15-17H,5-9,12-14H2,1-4H3,(H,24,29)/t17-/m0/s1. The highest BCUT2D eigenvalue weighted by atomic mass is 32.2. The van der Waals surface area contributed by atoms with E-state index >= 15 is 0 Å². The fraction of sp³-hybridized carbons (Fsp3) is 0.565. The van der Waals surface area contributed by atoms with Crippen molar-refractivity contribution in [3.63, 3.8) is 0 Å². The number of pyridine rings is 1. The van der Waals surface area contributed by atoms with E-state index in [1.807, 2.05) is 0 Å². The summed E-state index contributed by atoms with van der Waals surface area (Å²) in [5.74, 6) is -0.431. The van der Waals surface area contributed by atoms with Gasteiger partial charge >= 0.3 is 0 Å². The van der Waals surface area contributed by atoms with Crippen LogP contribution >= 0.6 is 0 Å². The number of nitrogens with one attached hydrogen (secondary N) is 1. The molecule has 1 atom stereocenters. The number of hydrogen-bond donors (Lipinski definition) is 1. The van der Waals surface area contributed by atoms with Crippen molar-refractivity contribution in [2.45, 2.75) is 50.0 Å². The van der Waals surface area contributed by atoms with Gasteiger partial charge in [0.2, 0.25) is 15.5 Å². The molecule has 1 amide bonds. The van der Waals surface area contributed by atoms with Gasteiger partial charge in [-0.25, -0.2) is 12.7 Å².